The van der Waals surface area contributed by atoms with Crippen molar-refractivity contribution in [2.75, 3.05) is 18.0 Å². The number of hydrogen-bond acceptors (Lipinski definition) is 7. The summed E-state index contributed by atoms with van der Waals surface area (Å²) in [4.78, 5) is 17.1. The van der Waals surface area contributed by atoms with Crippen LogP contribution in [0.3, 0.4) is 0 Å². The third-order valence-electron chi connectivity index (χ3n) is 4.73. The molecular weight excluding hydrogens is 358 g/mol. The molecular formula is C20H25N5OS. The molecule has 1 aliphatic rings. The van der Waals surface area contributed by atoms with E-state index < -0.39 is 0 Å². The van der Waals surface area contributed by atoms with Gasteiger partial charge < -0.3 is 9.42 Å². The number of thiazole rings is 1. The van der Waals surface area contributed by atoms with Gasteiger partial charge in [-0.3, -0.25) is 0 Å². The van der Waals surface area contributed by atoms with Gasteiger partial charge in [0.1, 0.15) is 10.7 Å². The van der Waals surface area contributed by atoms with Crippen molar-refractivity contribution in [3.63, 3.8) is 0 Å². The Kier molecular flexibility index (Phi) is 5.20. The van der Waals surface area contributed by atoms with Gasteiger partial charge in [-0.25, -0.2) is 9.97 Å². The highest BCUT2D eigenvalue weighted by Crippen LogP contribution is 2.31. The van der Waals surface area contributed by atoms with Crippen LogP contribution in [0.2, 0.25) is 0 Å². The zero-order valence-electron chi connectivity index (χ0n) is 16.1. The lowest BCUT2D eigenvalue weighted by molar-refractivity contribution is 0.433. The van der Waals surface area contributed by atoms with Crippen LogP contribution in [0.25, 0.3) is 22.2 Å². The molecule has 3 aromatic heterocycles. The van der Waals surface area contributed by atoms with E-state index in [9.17, 15) is 0 Å². The van der Waals surface area contributed by atoms with Gasteiger partial charge in [0.05, 0.1) is 10.7 Å². The number of rotatable bonds is 5. The van der Waals surface area contributed by atoms with E-state index in [4.69, 9.17) is 4.52 Å². The Morgan fingerprint density at radius 1 is 1.15 bits per heavy atom. The number of aryl methyl sites for hydroxylation is 1. The molecule has 0 saturated carbocycles. The highest BCUT2D eigenvalue weighted by atomic mass is 32.1. The van der Waals surface area contributed by atoms with Crippen LogP contribution < -0.4 is 4.90 Å². The van der Waals surface area contributed by atoms with Crippen molar-refractivity contribution in [1.82, 2.24) is 20.1 Å². The van der Waals surface area contributed by atoms with Crippen molar-refractivity contribution < 1.29 is 4.52 Å². The van der Waals surface area contributed by atoms with Gasteiger partial charge in [-0.05, 0) is 44.2 Å². The van der Waals surface area contributed by atoms with E-state index in [1.165, 1.54) is 19.3 Å². The Morgan fingerprint density at radius 3 is 2.67 bits per heavy atom. The molecule has 6 nitrogen and oxygen atoms in total. The van der Waals surface area contributed by atoms with Crippen LogP contribution in [0.15, 0.2) is 22.9 Å². The van der Waals surface area contributed by atoms with Gasteiger partial charge in [0.25, 0.3) is 5.89 Å². The van der Waals surface area contributed by atoms with Gasteiger partial charge in [-0.2, -0.15) is 4.98 Å². The topological polar surface area (TPSA) is 67.9 Å². The average molecular weight is 384 g/mol. The van der Waals surface area contributed by atoms with E-state index in [1.54, 1.807) is 11.3 Å². The van der Waals surface area contributed by atoms with Crippen LogP contribution in [-0.4, -0.2) is 33.2 Å². The van der Waals surface area contributed by atoms with Crippen LogP contribution in [0.1, 0.15) is 43.8 Å². The SMILES string of the molecule is Cc1nc(CC(C)C)sc1-c1nc(-c2ccc(N3CCCCC3)nc2)no1. The molecule has 0 unspecified atom stereocenters. The van der Waals surface area contributed by atoms with E-state index >= 15 is 0 Å². The van der Waals surface area contributed by atoms with Gasteiger partial charge in [0, 0.05) is 31.3 Å². The van der Waals surface area contributed by atoms with Crippen LogP contribution in [0.5, 0.6) is 0 Å². The summed E-state index contributed by atoms with van der Waals surface area (Å²) in [6.45, 7) is 8.56. The Hall–Kier alpha value is -2.28. The minimum atomic E-state index is 0.537. The van der Waals surface area contributed by atoms with Crippen LogP contribution >= 0.6 is 11.3 Å². The molecule has 1 saturated heterocycles. The molecule has 7 heteroatoms. The molecule has 0 spiro atoms. The number of nitrogens with zero attached hydrogens (tertiary/aromatic N) is 5. The molecule has 0 radical (unpaired) electrons. The van der Waals surface area contributed by atoms with Crippen molar-refractivity contribution in [1.29, 1.82) is 0 Å². The van der Waals surface area contributed by atoms with Crippen molar-refractivity contribution >= 4 is 17.2 Å². The molecule has 0 amide bonds. The van der Waals surface area contributed by atoms with E-state index in [2.05, 4.69) is 44.9 Å². The first-order chi connectivity index (χ1) is 13.1. The first kappa shape index (κ1) is 18.1. The molecule has 0 bridgehead atoms. The van der Waals surface area contributed by atoms with Gasteiger partial charge >= 0.3 is 0 Å². The third-order valence-corrected chi connectivity index (χ3v) is 5.90. The molecule has 0 N–H and O–H groups in total. The van der Waals surface area contributed by atoms with E-state index in [0.717, 1.165) is 46.5 Å². The van der Waals surface area contributed by atoms with E-state index in [-0.39, 0.29) is 0 Å². The van der Waals surface area contributed by atoms with Crippen LogP contribution in [0, 0.1) is 12.8 Å². The predicted molar refractivity (Wildman–Crippen MR) is 108 cm³/mol. The second kappa shape index (κ2) is 7.76. The normalized spacial score (nSPS) is 14.9. The molecule has 1 aliphatic heterocycles. The van der Waals surface area contributed by atoms with Crippen molar-refractivity contribution in [2.24, 2.45) is 5.92 Å². The second-order valence-corrected chi connectivity index (χ2v) is 8.58. The minimum Gasteiger partial charge on any atom is -0.357 e. The summed E-state index contributed by atoms with van der Waals surface area (Å²) >= 11 is 1.64. The van der Waals surface area contributed by atoms with Gasteiger partial charge in [0.2, 0.25) is 5.82 Å². The van der Waals surface area contributed by atoms with Crippen molar-refractivity contribution in [3.8, 4) is 22.2 Å². The fourth-order valence-electron chi connectivity index (χ4n) is 3.35. The quantitative estimate of drug-likeness (QED) is 0.633. The first-order valence-electron chi connectivity index (χ1n) is 9.62. The summed E-state index contributed by atoms with van der Waals surface area (Å²) in [6, 6.07) is 4.07. The average Bonchev–Trinajstić information content (AvgIpc) is 3.29. The van der Waals surface area contributed by atoms with E-state index in [1.807, 2.05) is 19.2 Å². The molecule has 0 atom stereocenters. The Balaban J connectivity index is 1.53. The lowest BCUT2D eigenvalue weighted by Crippen LogP contribution is -2.29. The molecule has 4 heterocycles. The molecule has 4 rings (SSSR count). The summed E-state index contributed by atoms with van der Waals surface area (Å²) < 4.78 is 5.52. The highest BCUT2D eigenvalue weighted by molar-refractivity contribution is 7.15. The molecule has 1 fully saturated rings. The number of piperidine rings is 1. The van der Waals surface area contributed by atoms with Crippen molar-refractivity contribution in [2.45, 2.75) is 46.5 Å². The second-order valence-electron chi connectivity index (χ2n) is 7.50. The Morgan fingerprint density at radius 2 is 1.96 bits per heavy atom. The lowest BCUT2D eigenvalue weighted by atomic mass is 10.1. The van der Waals surface area contributed by atoms with Crippen LogP contribution in [0.4, 0.5) is 5.82 Å². The molecule has 0 aliphatic carbocycles. The zero-order chi connectivity index (χ0) is 18.8. The van der Waals surface area contributed by atoms with Gasteiger partial charge in [-0.1, -0.05) is 19.0 Å². The number of aromatic nitrogens is 4. The number of pyridine rings is 1. The first-order valence-corrected chi connectivity index (χ1v) is 10.4. The lowest BCUT2D eigenvalue weighted by Gasteiger charge is -2.27. The standard InChI is InChI=1S/C20H25N5OS/c1-13(2)11-17-22-14(3)18(27-17)20-23-19(24-26-20)15-7-8-16(21-12-15)25-9-5-4-6-10-25/h7-8,12-13H,4-6,9-11H2,1-3H3. The minimum absolute atomic E-state index is 0.537. The Bertz CT molecular complexity index is 893. The highest BCUT2D eigenvalue weighted by Gasteiger charge is 2.18. The maximum atomic E-state index is 5.52. The van der Waals surface area contributed by atoms with Crippen molar-refractivity contribution in [3.05, 3.63) is 29.0 Å². The third kappa shape index (κ3) is 4.03. The summed E-state index contributed by atoms with van der Waals surface area (Å²) in [6.07, 6.45) is 6.60. The summed E-state index contributed by atoms with van der Waals surface area (Å²) in [7, 11) is 0. The number of hydrogen-bond donors (Lipinski definition) is 0. The zero-order valence-corrected chi connectivity index (χ0v) is 16.9. The van der Waals surface area contributed by atoms with Gasteiger partial charge in [-0.15, -0.1) is 11.3 Å². The molecule has 3 aromatic rings. The maximum absolute atomic E-state index is 5.52. The van der Waals surface area contributed by atoms with Crippen LogP contribution in [-0.2, 0) is 6.42 Å². The molecule has 27 heavy (non-hydrogen) atoms. The van der Waals surface area contributed by atoms with Gasteiger partial charge in [0.15, 0.2) is 0 Å². The smallest absolute Gasteiger partial charge is 0.270 e. The summed E-state index contributed by atoms with van der Waals surface area (Å²) in [5.74, 6) is 2.71. The van der Waals surface area contributed by atoms with E-state index in [0.29, 0.717) is 17.6 Å². The predicted octanol–water partition coefficient (Wildman–Crippen LogP) is 4.75. The monoisotopic (exact) mass is 383 g/mol. The maximum Gasteiger partial charge on any atom is 0.270 e. The fraction of sp³-hybridized carbons (Fsp3) is 0.500. The molecule has 142 valence electrons. The summed E-state index contributed by atoms with van der Waals surface area (Å²) in [5.41, 5.74) is 1.82. The molecule has 0 aromatic carbocycles. The Labute approximate surface area is 163 Å². The fourth-order valence-corrected chi connectivity index (χ4v) is 4.55. The number of anilines is 1. The summed E-state index contributed by atoms with van der Waals surface area (Å²) in [5, 5.41) is 5.27. The largest absolute Gasteiger partial charge is 0.357 e.